The molecule has 0 unspecified atom stereocenters. The van der Waals surface area contributed by atoms with E-state index >= 15 is 0 Å². The number of amides is 1. The zero-order valence-electron chi connectivity index (χ0n) is 8.86. The summed E-state index contributed by atoms with van der Waals surface area (Å²) in [5, 5.41) is 9.18. The van der Waals surface area contributed by atoms with Crippen LogP contribution in [-0.4, -0.2) is 27.1 Å². The van der Waals surface area contributed by atoms with Crippen molar-refractivity contribution in [3.63, 3.8) is 0 Å². The van der Waals surface area contributed by atoms with Crippen molar-refractivity contribution in [3.8, 4) is 0 Å². The third-order valence-corrected chi connectivity index (χ3v) is 2.98. The Balaban J connectivity index is 1.85. The number of aromatic nitrogens is 3. The van der Waals surface area contributed by atoms with Gasteiger partial charge in [0.1, 0.15) is 6.33 Å². The smallest absolute Gasteiger partial charge is 0.288 e. The van der Waals surface area contributed by atoms with Crippen LogP contribution in [0.5, 0.6) is 0 Å². The second kappa shape index (κ2) is 4.42. The zero-order valence-corrected chi connectivity index (χ0v) is 8.86. The fraction of sp³-hybridized carbons (Fsp3) is 0.700. The molecule has 0 aromatic carbocycles. The highest BCUT2D eigenvalue weighted by atomic mass is 16.2. The van der Waals surface area contributed by atoms with Crippen LogP contribution in [-0.2, 0) is 0 Å². The number of nitrogens with zero attached hydrogens (tertiary/aromatic N) is 2. The molecule has 1 aromatic rings. The first-order chi connectivity index (χ1) is 7.25. The predicted molar refractivity (Wildman–Crippen MR) is 55.3 cm³/mol. The van der Waals surface area contributed by atoms with Crippen LogP contribution in [0.1, 0.15) is 43.2 Å². The van der Waals surface area contributed by atoms with Gasteiger partial charge in [0.25, 0.3) is 5.91 Å². The highest BCUT2D eigenvalue weighted by Gasteiger charge is 2.20. The maximum absolute atomic E-state index is 11.6. The SMILES string of the molecule is CC1CCC(NC(=O)c2ncn[nH]2)CC1. The number of carbonyl (C=O) groups excluding carboxylic acids is 1. The average Bonchev–Trinajstić information content (AvgIpc) is 2.74. The normalized spacial score (nSPS) is 26.2. The maximum atomic E-state index is 11.6. The largest absolute Gasteiger partial charge is 0.347 e. The molecule has 0 spiro atoms. The topological polar surface area (TPSA) is 70.7 Å². The van der Waals surface area contributed by atoms with Gasteiger partial charge in [0.2, 0.25) is 5.82 Å². The number of hydrogen-bond acceptors (Lipinski definition) is 3. The Labute approximate surface area is 88.7 Å². The van der Waals surface area contributed by atoms with Crippen molar-refractivity contribution in [2.24, 2.45) is 5.92 Å². The van der Waals surface area contributed by atoms with Crippen molar-refractivity contribution in [2.45, 2.75) is 38.6 Å². The molecule has 2 N–H and O–H groups in total. The maximum Gasteiger partial charge on any atom is 0.288 e. The van der Waals surface area contributed by atoms with Crippen molar-refractivity contribution >= 4 is 5.91 Å². The summed E-state index contributed by atoms with van der Waals surface area (Å²) in [6.45, 7) is 2.26. The molecule has 1 amide bonds. The van der Waals surface area contributed by atoms with E-state index < -0.39 is 0 Å². The summed E-state index contributed by atoms with van der Waals surface area (Å²) in [5.41, 5.74) is 0. The highest BCUT2D eigenvalue weighted by Crippen LogP contribution is 2.23. The molecule has 1 fully saturated rings. The van der Waals surface area contributed by atoms with Gasteiger partial charge in [-0.2, -0.15) is 5.10 Å². The molecule has 0 atom stereocenters. The number of rotatable bonds is 2. The van der Waals surface area contributed by atoms with Crippen molar-refractivity contribution in [3.05, 3.63) is 12.2 Å². The molecule has 1 aliphatic rings. The summed E-state index contributed by atoms with van der Waals surface area (Å²) in [4.78, 5) is 15.4. The molecule has 5 heteroatoms. The molecular formula is C10H16N4O. The van der Waals surface area contributed by atoms with Crippen molar-refractivity contribution < 1.29 is 4.79 Å². The van der Waals surface area contributed by atoms with E-state index in [2.05, 4.69) is 27.4 Å². The Morgan fingerprint density at radius 2 is 2.20 bits per heavy atom. The van der Waals surface area contributed by atoms with Crippen LogP contribution in [0.2, 0.25) is 0 Å². The Morgan fingerprint density at radius 1 is 1.47 bits per heavy atom. The van der Waals surface area contributed by atoms with Crippen LogP contribution in [0.25, 0.3) is 0 Å². The first-order valence-corrected chi connectivity index (χ1v) is 5.42. The molecule has 0 aliphatic heterocycles. The lowest BCUT2D eigenvalue weighted by Gasteiger charge is -2.26. The molecule has 1 heterocycles. The van der Waals surface area contributed by atoms with E-state index in [1.165, 1.54) is 19.2 Å². The summed E-state index contributed by atoms with van der Waals surface area (Å²) >= 11 is 0. The molecule has 1 aromatic heterocycles. The summed E-state index contributed by atoms with van der Waals surface area (Å²) in [6, 6.07) is 0.304. The Kier molecular flexibility index (Phi) is 2.99. The molecule has 5 nitrogen and oxygen atoms in total. The fourth-order valence-electron chi connectivity index (χ4n) is 1.97. The molecule has 0 bridgehead atoms. The summed E-state index contributed by atoms with van der Waals surface area (Å²) in [6.07, 6.45) is 5.88. The number of carbonyl (C=O) groups is 1. The van der Waals surface area contributed by atoms with Gasteiger partial charge in [0, 0.05) is 6.04 Å². The van der Waals surface area contributed by atoms with E-state index in [-0.39, 0.29) is 5.91 Å². The highest BCUT2D eigenvalue weighted by molar-refractivity contribution is 5.90. The molecule has 2 rings (SSSR count). The van der Waals surface area contributed by atoms with Crippen LogP contribution in [0.3, 0.4) is 0 Å². The summed E-state index contributed by atoms with van der Waals surface area (Å²) in [5.74, 6) is 0.948. The Hall–Kier alpha value is -1.39. The lowest BCUT2D eigenvalue weighted by molar-refractivity contribution is 0.0913. The van der Waals surface area contributed by atoms with Crippen LogP contribution in [0, 0.1) is 5.92 Å². The molecule has 82 valence electrons. The molecule has 1 aliphatic carbocycles. The third kappa shape index (κ3) is 2.55. The molecule has 15 heavy (non-hydrogen) atoms. The van der Waals surface area contributed by atoms with E-state index in [4.69, 9.17) is 0 Å². The van der Waals surface area contributed by atoms with Gasteiger partial charge in [0.05, 0.1) is 0 Å². The van der Waals surface area contributed by atoms with Crippen molar-refractivity contribution in [2.75, 3.05) is 0 Å². The van der Waals surface area contributed by atoms with Crippen LogP contribution >= 0.6 is 0 Å². The van der Waals surface area contributed by atoms with Gasteiger partial charge >= 0.3 is 0 Å². The molecule has 0 saturated heterocycles. The summed E-state index contributed by atoms with van der Waals surface area (Å²) in [7, 11) is 0. The quantitative estimate of drug-likeness (QED) is 0.765. The van der Waals surface area contributed by atoms with Crippen molar-refractivity contribution in [1.82, 2.24) is 20.5 Å². The Morgan fingerprint density at radius 3 is 2.80 bits per heavy atom. The van der Waals surface area contributed by atoms with Gasteiger partial charge in [0.15, 0.2) is 0 Å². The van der Waals surface area contributed by atoms with Gasteiger partial charge < -0.3 is 5.32 Å². The van der Waals surface area contributed by atoms with Gasteiger partial charge in [-0.25, -0.2) is 4.98 Å². The van der Waals surface area contributed by atoms with E-state index in [0.717, 1.165) is 18.8 Å². The lowest BCUT2D eigenvalue weighted by atomic mass is 9.87. The average molecular weight is 208 g/mol. The van der Waals surface area contributed by atoms with Gasteiger partial charge in [-0.15, -0.1) is 0 Å². The van der Waals surface area contributed by atoms with Crippen molar-refractivity contribution in [1.29, 1.82) is 0 Å². The van der Waals surface area contributed by atoms with E-state index in [0.29, 0.717) is 11.9 Å². The minimum Gasteiger partial charge on any atom is -0.347 e. The first-order valence-electron chi connectivity index (χ1n) is 5.42. The fourth-order valence-corrected chi connectivity index (χ4v) is 1.97. The van der Waals surface area contributed by atoms with Crippen LogP contribution < -0.4 is 5.32 Å². The van der Waals surface area contributed by atoms with Gasteiger partial charge in [-0.3, -0.25) is 9.89 Å². The van der Waals surface area contributed by atoms with E-state index in [9.17, 15) is 4.79 Å². The number of H-pyrrole nitrogens is 1. The summed E-state index contributed by atoms with van der Waals surface area (Å²) < 4.78 is 0. The molecule has 1 saturated carbocycles. The van der Waals surface area contributed by atoms with E-state index in [1.807, 2.05) is 0 Å². The van der Waals surface area contributed by atoms with Crippen LogP contribution in [0.4, 0.5) is 0 Å². The standard InChI is InChI=1S/C10H16N4O/c1-7-2-4-8(5-3-7)13-10(15)9-11-6-12-14-9/h6-8H,2-5H2,1H3,(H,13,15)(H,11,12,14). The monoisotopic (exact) mass is 208 g/mol. The third-order valence-electron chi connectivity index (χ3n) is 2.98. The Bertz CT molecular complexity index is 314. The second-order valence-electron chi connectivity index (χ2n) is 4.26. The zero-order chi connectivity index (χ0) is 10.7. The van der Waals surface area contributed by atoms with Gasteiger partial charge in [-0.1, -0.05) is 6.92 Å². The number of hydrogen-bond donors (Lipinski definition) is 2. The van der Waals surface area contributed by atoms with Crippen LogP contribution in [0.15, 0.2) is 6.33 Å². The second-order valence-corrected chi connectivity index (χ2v) is 4.26. The molecule has 0 radical (unpaired) electrons. The lowest BCUT2D eigenvalue weighted by Crippen LogP contribution is -2.37. The molecular weight excluding hydrogens is 192 g/mol. The predicted octanol–water partition coefficient (Wildman–Crippen LogP) is 1.11. The number of nitrogens with one attached hydrogen (secondary N) is 2. The number of aromatic amines is 1. The minimum absolute atomic E-state index is 0.146. The van der Waals surface area contributed by atoms with E-state index in [1.54, 1.807) is 0 Å². The first kappa shape index (κ1) is 10.1. The minimum atomic E-state index is -0.146. The van der Waals surface area contributed by atoms with Gasteiger partial charge in [-0.05, 0) is 31.6 Å².